The predicted molar refractivity (Wildman–Crippen MR) is 70.2 cm³/mol. The molecule has 1 aliphatic carbocycles. The van der Waals surface area contributed by atoms with Crippen LogP contribution in [0.2, 0.25) is 0 Å². The summed E-state index contributed by atoms with van der Waals surface area (Å²) < 4.78 is 5.87. The molecule has 0 aromatic heterocycles. The summed E-state index contributed by atoms with van der Waals surface area (Å²) in [4.78, 5) is 11.5. The number of rotatable bonds is 4. The van der Waals surface area contributed by atoms with Crippen LogP contribution in [0.3, 0.4) is 0 Å². The van der Waals surface area contributed by atoms with Gasteiger partial charge >= 0.3 is 5.97 Å². The second-order valence-electron chi connectivity index (χ2n) is 5.44. The van der Waals surface area contributed by atoms with E-state index in [1.54, 1.807) is 0 Å². The SMILES string of the molecule is Cc1ccc(C2(C(=O)O)CC2)c(OC(C)C)c1C. The first-order valence-corrected chi connectivity index (χ1v) is 6.39. The summed E-state index contributed by atoms with van der Waals surface area (Å²) in [5.41, 5.74) is 2.32. The van der Waals surface area contributed by atoms with Crippen LogP contribution in [-0.4, -0.2) is 17.2 Å². The lowest BCUT2D eigenvalue weighted by atomic mass is 9.91. The summed E-state index contributed by atoms with van der Waals surface area (Å²) in [6, 6.07) is 3.90. The molecule has 1 fully saturated rings. The lowest BCUT2D eigenvalue weighted by molar-refractivity contribution is -0.140. The maximum absolute atomic E-state index is 11.5. The van der Waals surface area contributed by atoms with Crippen molar-refractivity contribution in [1.29, 1.82) is 0 Å². The van der Waals surface area contributed by atoms with Crippen LogP contribution in [0.15, 0.2) is 12.1 Å². The van der Waals surface area contributed by atoms with Gasteiger partial charge in [0.25, 0.3) is 0 Å². The molecular weight excluding hydrogens is 228 g/mol. The summed E-state index contributed by atoms with van der Waals surface area (Å²) in [7, 11) is 0. The first kappa shape index (κ1) is 12.9. The topological polar surface area (TPSA) is 46.5 Å². The Morgan fingerprint density at radius 1 is 1.33 bits per heavy atom. The molecule has 0 atom stereocenters. The van der Waals surface area contributed by atoms with Gasteiger partial charge in [-0.25, -0.2) is 0 Å². The predicted octanol–water partition coefficient (Wildman–Crippen LogP) is 3.21. The van der Waals surface area contributed by atoms with E-state index in [-0.39, 0.29) is 6.10 Å². The Morgan fingerprint density at radius 2 is 1.94 bits per heavy atom. The van der Waals surface area contributed by atoms with Crippen LogP contribution in [0.5, 0.6) is 5.75 Å². The fraction of sp³-hybridized carbons (Fsp3) is 0.533. The molecule has 0 unspecified atom stereocenters. The van der Waals surface area contributed by atoms with Crippen LogP contribution >= 0.6 is 0 Å². The molecule has 98 valence electrons. The Labute approximate surface area is 108 Å². The molecule has 0 aliphatic heterocycles. The number of hydrogen-bond acceptors (Lipinski definition) is 2. The van der Waals surface area contributed by atoms with Crippen LogP contribution < -0.4 is 4.74 Å². The standard InChI is InChI=1S/C15H20O3/c1-9(2)18-13-11(4)10(3)5-6-12(13)15(7-8-15)14(16)17/h5-6,9H,7-8H2,1-4H3,(H,16,17). The molecule has 0 bridgehead atoms. The van der Waals surface area contributed by atoms with Crippen LogP contribution in [-0.2, 0) is 10.2 Å². The third-order valence-electron chi connectivity index (χ3n) is 3.71. The van der Waals surface area contributed by atoms with Crippen molar-refractivity contribution in [2.45, 2.75) is 52.1 Å². The third kappa shape index (κ3) is 1.98. The number of carboxylic acid groups (broad SMARTS) is 1. The van der Waals surface area contributed by atoms with Gasteiger partial charge in [-0.15, -0.1) is 0 Å². The summed E-state index contributed by atoms with van der Waals surface area (Å²) >= 11 is 0. The smallest absolute Gasteiger partial charge is 0.314 e. The first-order chi connectivity index (χ1) is 8.38. The van der Waals surface area contributed by atoms with Crippen molar-refractivity contribution < 1.29 is 14.6 Å². The van der Waals surface area contributed by atoms with E-state index >= 15 is 0 Å². The molecular formula is C15H20O3. The molecule has 18 heavy (non-hydrogen) atoms. The molecule has 1 N–H and O–H groups in total. The normalized spacial score (nSPS) is 16.7. The summed E-state index contributed by atoms with van der Waals surface area (Å²) in [5, 5.41) is 9.42. The zero-order valence-electron chi connectivity index (χ0n) is 11.4. The highest BCUT2D eigenvalue weighted by Gasteiger charge is 2.53. The van der Waals surface area contributed by atoms with E-state index in [1.807, 2.05) is 39.8 Å². The van der Waals surface area contributed by atoms with E-state index < -0.39 is 11.4 Å². The second kappa shape index (κ2) is 4.30. The minimum absolute atomic E-state index is 0.0499. The van der Waals surface area contributed by atoms with Gasteiger partial charge < -0.3 is 9.84 Å². The fourth-order valence-electron chi connectivity index (χ4n) is 2.28. The van der Waals surface area contributed by atoms with E-state index in [9.17, 15) is 9.90 Å². The highest BCUT2D eigenvalue weighted by Crippen LogP contribution is 2.52. The van der Waals surface area contributed by atoms with Gasteiger partial charge in [0, 0.05) is 5.56 Å². The molecule has 1 saturated carbocycles. The van der Waals surface area contributed by atoms with Gasteiger partial charge in [0.1, 0.15) is 5.75 Å². The van der Waals surface area contributed by atoms with Gasteiger partial charge in [0.2, 0.25) is 0 Å². The molecule has 0 heterocycles. The number of benzene rings is 1. The molecule has 0 spiro atoms. The summed E-state index contributed by atoms with van der Waals surface area (Å²) in [6.07, 6.45) is 1.47. The maximum Gasteiger partial charge on any atom is 0.314 e. The van der Waals surface area contributed by atoms with Crippen LogP contribution in [0.25, 0.3) is 0 Å². The number of ether oxygens (including phenoxy) is 1. The number of aryl methyl sites for hydroxylation is 1. The Kier molecular flexibility index (Phi) is 3.09. The molecule has 1 aromatic rings. The monoisotopic (exact) mass is 248 g/mol. The van der Waals surface area contributed by atoms with E-state index in [2.05, 4.69) is 0 Å². The number of aliphatic carboxylic acids is 1. The molecule has 0 radical (unpaired) electrons. The molecule has 3 nitrogen and oxygen atoms in total. The summed E-state index contributed by atoms with van der Waals surface area (Å²) in [5.74, 6) is 0.0317. The Bertz CT molecular complexity index is 485. The summed E-state index contributed by atoms with van der Waals surface area (Å²) in [6.45, 7) is 7.94. The highest BCUT2D eigenvalue weighted by molar-refractivity contribution is 5.86. The molecule has 3 heteroatoms. The third-order valence-corrected chi connectivity index (χ3v) is 3.71. The Balaban J connectivity index is 2.54. The van der Waals surface area contributed by atoms with Gasteiger partial charge in [0.05, 0.1) is 11.5 Å². The van der Waals surface area contributed by atoms with Gasteiger partial charge in [-0.3, -0.25) is 4.79 Å². The van der Waals surface area contributed by atoms with E-state index in [0.717, 1.165) is 22.4 Å². The van der Waals surface area contributed by atoms with Gasteiger partial charge in [-0.2, -0.15) is 0 Å². The average molecular weight is 248 g/mol. The van der Waals surface area contributed by atoms with Gasteiger partial charge in [-0.05, 0) is 51.7 Å². The van der Waals surface area contributed by atoms with E-state index in [1.165, 1.54) is 0 Å². The average Bonchev–Trinajstić information content (AvgIpc) is 3.05. The van der Waals surface area contributed by atoms with Gasteiger partial charge in [0.15, 0.2) is 0 Å². The quantitative estimate of drug-likeness (QED) is 0.890. The van der Waals surface area contributed by atoms with Crippen molar-refractivity contribution >= 4 is 5.97 Å². The zero-order chi connectivity index (χ0) is 13.5. The van der Waals surface area contributed by atoms with Crippen molar-refractivity contribution in [2.24, 2.45) is 0 Å². The lowest BCUT2D eigenvalue weighted by Gasteiger charge is -2.21. The van der Waals surface area contributed by atoms with Crippen molar-refractivity contribution in [2.75, 3.05) is 0 Å². The van der Waals surface area contributed by atoms with Crippen molar-refractivity contribution in [3.8, 4) is 5.75 Å². The second-order valence-corrected chi connectivity index (χ2v) is 5.44. The molecule has 1 aromatic carbocycles. The Hall–Kier alpha value is -1.51. The van der Waals surface area contributed by atoms with Crippen molar-refractivity contribution in [1.82, 2.24) is 0 Å². The number of carboxylic acids is 1. The lowest BCUT2D eigenvalue weighted by Crippen LogP contribution is -2.22. The molecule has 0 saturated heterocycles. The van der Waals surface area contributed by atoms with Gasteiger partial charge in [-0.1, -0.05) is 12.1 Å². The highest BCUT2D eigenvalue weighted by atomic mass is 16.5. The van der Waals surface area contributed by atoms with Crippen molar-refractivity contribution in [3.05, 3.63) is 28.8 Å². The molecule has 1 aliphatic rings. The minimum atomic E-state index is -0.737. The molecule has 0 amide bonds. The fourth-order valence-corrected chi connectivity index (χ4v) is 2.28. The zero-order valence-corrected chi connectivity index (χ0v) is 11.4. The van der Waals surface area contributed by atoms with Crippen LogP contribution in [0.4, 0.5) is 0 Å². The molecule has 2 rings (SSSR count). The van der Waals surface area contributed by atoms with Crippen molar-refractivity contribution in [3.63, 3.8) is 0 Å². The van der Waals surface area contributed by atoms with Crippen LogP contribution in [0, 0.1) is 13.8 Å². The first-order valence-electron chi connectivity index (χ1n) is 6.39. The van der Waals surface area contributed by atoms with E-state index in [4.69, 9.17) is 4.74 Å². The Morgan fingerprint density at radius 3 is 2.39 bits per heavy atom. The largest absolute Gasteiger partial charge is 0.490 e. The minimum Gasteiger partial charge on any atom is -0.490 e. The maximum atomic E-state index is 11.5. The van der Waals surface area contributed by atoms with Crippen LogP contribution in [0.1, 0.15) is 43.4 Å². The van der Waals surface area contributed by atoms with E-state index in [0.29, 0.717) is 12.8 Å². The number of carbonyl (C=O) groups is 1. The number of hydrogen-bond donors (Lipinski definition) is 1.